The van der Waals surface area contributed by atoms with Gasteiger partial charge in [0.05, 0.1) is 22.5 Å². The van der Waals surface area contributed by atoms with Crippen LogP contribution in [0.25, 0.3) is 11.4 Å². The number of amides is 2. The smallest absolute Gasteiger partial charge is 0.258 e. The summed E-state index contributed by atoms with van der Waals surface area (Å²) in [6.07, 6.45) is 0. The van der Waals surface area contributed by atoms with Crippen molar-refractivity contribution in [3.63, 3.8) is 0 Å². The van der Waals surface area contributed by atoms with Crippen LogP contribution >= 0.6 is 11.6 Å². The van der Waals surface area contributed by atoms with Crippen molar-refractivity contribution in [2.24, 2.45) is 0 Å². The molecule has 4 nitrogen and oxygen atoms in total. The van der Waals surface area contributed by atoms with Crippen LogP contribution in [0.2, 0.25) is 5.02 Å². The van der Waals surface area contributed by atoms with Crippen LogP contribution in [0.15, 0.2) is 59.7 Å². The van der Waals surface area contributed by atoms with E-state index >= 15 is 0 Å². The van der Waals surface area contributed by atoms with Crippen molar-refractivity contribution in [2.75, 3.05) is 0 Å². The van der Waals surface area contributed by atoms with Crippen molar-refractivity contribution >= 4 is 34.8 Å². The first-order chi connectivity index (χ1) is 11.5. The molecular weight excluding hydrogens is 324 g/mol. The summed E-state index contributed by atoms with van der Waals surface area (Å²) >= 11 is 5.91. The number of nitrogens with one attached hydrogen (secondary N) is 2. The van der Waals surface area contributed by atoms with Gasteiger partial charge in [0.15, 0.2) is 0 Å². The van der Waals surface area contributed by atoms with Gasteiger partial charge < -0.3 is 10.6 Å². The minimum absolute atomic E-state index is 0.274. The van der Waals surface area contributed by atoms with Crippen molar-refractivity contribution in [3.8, 4) is 0 Å². The fourth-order valence-electron chi connectivity index (χ4n) is 2.95. The molecule has 2 N–H and O–H groups in total. The van der Waals surface area contributed by atoms with Crippen molar-refractivity contribution in [1.29, 1.82) is 0 Å². The Morgan fingerprint density at radius 2 is 1.12 bits per heavy atom. The van der Waals surface area contributed by atoms with E-state index in [1.165, 1.54) is 0 Å². The van der Waals surface area contributed by atoms with Crippen LogP contribution in [0.5, 0.6) is 0 Å². The topological polar surface area (TPSA) is 58.2 Å². The van der Waals surface area contributed by atoms with Crippen LogP contribution in [-0.2, 0) is 9.59 Å². The lowest BCUT2D eigenvalue weighted by atomic mass is 10.0. The van der Waals surface area contributed by atoms with Gasteiger partial charge in [-0.2, -0.15) is 0 Å². The first kappa shape index (κ1) is 14.7. The summed E-state index contributed by atoms with van der Waals surface area (Å²) in [6, 6.07) is 14.7. The van der Waals surface area contributed by atoms with Gasteiger partial charge in [-0.05, 0) is 30.2 Å². The van der Waals surface area contributed by atoms with E-state index in [1.54, 1.807) is 24.3 Å². The zero-order valence-electron chi connectivity index (χ0n) is 12.8. The van der Waals surface area contributed by atoms with Gasteiger partial charge in [0.25, 0.3) is 11.8 Å². The van der Waals surface area contributed by atoms with Gasteiger partial charge in [0, 0.05) is 5.02 Å². The number of rotatable bonds is 2. The zero-order valence-corrected chi connectivity index (χ0v) is 13.6. The number of aryl methyl sites for hydroxylation is 1. The molecule has 0 atom stereocenters. The molecule has 2 aromatic carbocycles. The Labute approximate surface area is 143 Å². The molecule has 0 bridgehead atoms. The van der Waals surface area contributed by atoms with E-state index in [-0.39, 0.29) is 11.8 Å². The summed E-state index contributed by atoms with van der Waals surface area (Å²) in [4.78, 5) is 24.9. The van der Waals surface area contributed by atoms with Crippen molar-refractivity contribution in [1.82, 2.24) is 10.6 Å². The van der Waals surface area contributed by atoms with E-state index < -0.39 is 0 Å². The number of hydrogen-bond donors (Lipinski definition) is 2. The molecule has 0 radical (unpaired) electrons. The normalized spacial score (nSPS) is 16.4. The highest BCUT2D eigenvalue weighted by atomic mass is 35.5. The predicted molar refractivity (Wildman–Crippen MR) is 92.8 cm³/mol. The van der Waals surface area contributed by atoms with Crippen molar-refractivity contribution in [3.05, 3.63) is 81.4 Å². The fraction of sp³-hybridized carbons (Fsp3) is 0.0526. The van der Waals surface area contributed by atoms with Gasteiger partial charge in [-0.3, -0.25) is 9.59 Å². The van der Waals surface area contributed by atoms with Crippen LogP contribution < -0.4 is 10.6 Å². The molecule has 2 aliphatic rings. The Hall–Kier alpha value is -2.85. The molecule has 0 fully saturated rings. The molecular formula is C19H13ClN2O2. The highest BCUT2D eigenvalue weighted by Gasteiger charge is 2.40. The number of carbonyl (C=O) groups excluding carboxylic acids is 2. The quantitative estimate of drug-likeness (QED) is 0.885. The van der Waals surface area contributed by atoms with Gasteiger partial charge in [-0.1, -0.05) is 53.6 Å². The third kappa shape index (κ3) is 2.23. The zero-order chi connectivity index (χ0) is 16.8. The summed E-state index contributed by atoms with van der Waals surface area (Å²) in [6.45, 7) is 1.99. The number of benzene rings is 2. The highest BCUT2D eigenvalue weighted by Crippen LogP contribution is 2.37. The molecule has 4 rings (SSSR count). The lowest BCUT2D eigenvalue weighted by Gasteiger charge is -2.07. The maximum absolute atomic E-state index is 12.5. The average Bonchev–Trinajstić information content (AvgIpc) is 3.08. The van der Waals surface area contributed by atoms with Gasteiger partial charge in [-0.25, -0.2) is 0 Å². The number of fused-ring (bicyclic) bond motifs is 1. The molecule has 0 spiro atoms. The fourth-order valence-corrected chi connectivity index (χ4v) is 3.08. The summed E-state index contributed by atoms with van der Waals surface area (Å²) in [5.74, 6) is -0.548. The van der Waals surface area contributed by atoms with E-state index in [0.717, 1.165) is 16.7 Å². The first-order valence-corrected chi connectivity index (χ1v) is 7.87. The van der Waals surface area contributed by atoms with E-state index in [4.69, 9.17) is 11.6 Å². The van der Waals surface area contributed by atoms with E-state index in [9.17, 15) is 9.59 Å². The maximum Gasteiger partial charge on any atom is 0.258 e. The number of carbonyl (C=O) groups is 2. The molecule has 0 unspecified atom stereocenters. The molecule has 0 saturated carbocycles. The predicted octanol–water partition coefficient (Wildman–Crippen LogP) is 3.03. The largest absolute Gasteiger partial charge is 0.321 e. The van der Waals surface area contributed by atoms with Crippen molar-refractivity contribution < 1.29 is 9.59 Å². The van der Waals surface area contributed by atoms with Gasteiger partial charge >= 0.3 is 0 Å². The Kier molecular flexibility index (Phi) is 3.28. The standard InChI is InChI=1S/C19H13ClN2O2/c1-10-2-4-11(5-3-10)16-14-15(19(24)21-16)17(22-18(14)23)12-6-8-13(20)9-7-12/h2-9H,1H3,(H,21,24)(H,22,23). The summed E-state index contributed by atoms with van der Waals surface area (Å²) in [7, 11) is 0. The summed E-state index contributed by atoms with van der Waals surface area (Å²) < 4.78 is 0. The minimum Gasteiger partial charge on any atom is -0.321 e. The van der Waals surface area contributed by atoms with Crippen LogP contribution in [0.4, 0.5) is 0 Å². The molecule has 2 aromatic rings. The van der Waals surface area contributed by atoms with Crippen LogP contribution in [0.3, 0.4) is 0 Å². The van der Waals surface area contributed by atoms with Gasteiger partial charge in [0.2, 0.25) is 0 Å². The monoisotopic (exact) mass is 336 g/mol. The molecule has 2 heterocycles. The van der Waals surface area contributed by atoms with Crippen molar-refractivity contribution in [2.45, 2.75) is 6.92 Å². The number of hydrogen-bond acceptors (Lipinski definition) is 2. The second kappa shape index (κ2) is 5.35. The molecule has 0 saturated heterocycles. The van der Waals surface area contributed by atoms with Crippen LogP contribution in [-0.4, -0.2) is 11.8 Å². The van der Waals surface area contributed by atoms with E-state index in [0.29, 0.717) is 27.6 Å². The molecule has 24 heavy (non-hydrogen) atoms. The van der Waals surface area contributed by atoms with Crippen LogP contribution in [0.1, 0.15) is 16.7 Å². The summed E-state index contributed by atoms with van der Waals surface area (Å²) in [5, 5.41) is 6.24. The SMILES string of the molecule is Cc1ccc(C2=C3C(=O)NC(c4ccc(Cl)cc4)=C3C(=O)N2)cc1. The molecule has 0 aromatic heterocycles. The third-order valence-electron chi connectivity index (χ3n) is 4.15. The Morgan fingerprint density at radius 1 is 0.708 bits per heavy atom. The molecule has 2 aliphatic heterocycles. The molecule has 118 valence electrons. The second-order valence-corrected chi connectivity index (χ2v) is 6.22. The second-order valence-electron chi connectivity index (χ2n) is 5.78. The number of halogens is 1. The first-order valence-electron chi connectivity index (χ1n) is 7.49. The highest BCUT2D eigenvalue weighted by molar-refractivity contribution is 6.31. The van der Waals surface area contributed by atoms with E-state index in [1.807, 2.05) is 31.2 Å². The van der Waals surface area contributed by atoms with Gasteiger partial charge in [-0.15, -0.1) is 0 Å². The molecule has 0 aliphatic carbocycles. The summed E-state index contributed by atoms with van der Waals surface area (Å²) in [5.41, 5.74) is 4.53. The lowest BCUT2D eigenvalue weighted by molar-refractivity contribution is -0.117. The Balaban J connectivity index is 1.88. The van der Waals surface area contributed by atoms with E-state index in [2.05, 4.69) is 10.6 Å². The van der Waals surface area contributed by atoms with Gasteiger partial charge in [0.1, 0.15) is 0 Å². The Morgan fingerprint density at radius 3 is 1.58 bits per heavy atom. The minimum atomic E-state index is -0.274. The lowest BCUT2D eigenvalue weighted by Crippen LogP contribution is -2.21. The molecule has 5 heteroatoms. The Bertz CT molecular complexity index is 859. The van der Waals surface area contributed by atoms with Crippen LogP contribution in [0, 0.1) is 6.92 Å². The average molecular weight is 337 g/mol. The maximum atomic E-state index is 12.5. The molecule has 2 amide bonds. The third-order valence-corrected chi connectivity index (χ3v) is 4.41.